The summed E-state index contributed by atoms with van der Waals surface area (Å²) in [6.07, 6.45) is 0.603. The fourth-order valence-corrected chi connectivity index (χ4v) is 5.82. The van der Waals surface area contributed by atoms with Crippen molar-refractivity contribution in [2.45, 2.75) is 29.5 Å². The molecule has 3 aliphatic rings. The summed E-state index contributed by atoms with van der Waals surface area (Å²) in [7, 11) is -2.34. The van der Waals surface area contributed by atoms with Gasteiger partial charge >= 0.3 is 0 Å². The zero-order valence-corrected chi connectivity index (χ0v) is 14.6. The highest BCUT2D eigenvalue weighted by molar-refractivity contribution is 7.89. The van der Waals surface area contributed by atoms with Gasteiger partial charge in [-0.3, -0.25) is 9.59 Å². The van der Waals surface area contributed by atoms with Crippen LogP contribution in [0.5, 0.6) is 0 Å². The summed E-state index contributed by atoms with van der Waals surface area (Å²) in [5.74, 6) is -0.419. The van der Waals surface area contributed by atoms with Crippen LogP contribution in [0.1, 0.15) is 23.2 Å². The van der Waals surface area contributed by atoms with E-state index in [1.807, 2.05) is 0 Å². The molecule has 0 unspecified atom stereocenters. The van der Waals surface area contributed by atoms with E-state index in [4.69, 9.17) is 4.74 Å². The number of hydrogen-bond acceptors (Lipinski definition) is 5. The smallest absolute Gasteiger partial charge is 0.251 e. The van der Waals surface area contributed by atoms with E-state index in [1.54, 1.807) is 17.0 Å². The van der Waals surface area contributed by atoms with Crippen LogP contribution in [0.4, 0.5) is 0 Å². The van der Waals surface area contributed by atoms with E-state index in [1.165, 1.54) is 23.5 Å². The lowest BCUT2D eigenvalue weighted by molar-refractivity contribution is -0.136. The normalized spacial score (nSPS) is 28.9. The molecule has 1 N–H and O–H groups in total. The van der Waals surface area contributed by atoms with Crippen LogP contribution in [0.15, 0.2) is 29.2 Å². The molecule has 0 aliphatic carbocycles. The van der Waals surface area contributed by atoms with Gasteiger partial charge in [-0.05, 0) is 18.2 Å². The van der Waals surface area contributed by atoms with E-state index in [0.29, 0.717) is 26.1 Å². The fraction of sp³-hybridized carbons (Fsp3) is 0.500. The maximum Gasteiger partial charge on any atom is 0.251 e. The first-order valence-corrected chi connectivity index (χ1v) is 9.62. The summed E-state index contributed by atoms with van der Waals surface area (Å²) in [6, 6.07) is 5.42. The third-order valence-corrected chi connectivity index (χ3v) is 7.19. The number of rotatable bonds is 3. The van der Waals surface area contributed by atoms with E-state index < -0.39 is 21.8 Å². The zero-order chi connectivity index (χ0) is 17.8. The van der Waals surface area contributed by atoms with Crippen LogP contribution in [-0.4, -0.2) is 67.9 Å². The minimum atomic E-state index is -3.83. The Morgan fingerprint density at radius 1 is 1.36 bits per heavy atom. The number of carbonyl (C=O) groups is 2. The molecule has 1 aromatic rings. The van der Waals surface area contributed by atoms with Crippen molar-refractivity contribution in [2.24, 2.45) is 0 Å². The van der Waals surface area contributed by atoms with Gasteiger partial charge in [-0.15, -0.1) is 0 Å². The molecule has 0 bridgehead atoms. The van der Waals surface area contributed by atoms with Gasteiger partial charge in [-0.25, -0.2) is 8.42 Å². The van der Waals surface area contributed by atoms with Crippen LogP contribution in [0.2, 0.25) is 0 Å². The quantitative estimate of drug-likeness (QED) is 0.798. The lowest BCUT2D eigenvalue weighted by Crippen LogP contribution is -2.48. The molecule has 3 fully saturated rings. The molecule has 3 aliphatic heterocycles. The summed E-state index contributed by atoms with van der Waals surface area (Å²) in [5, 5.41) is 2.48. The maximum absolute atomic E-state index is 13.1. The molecule has 0 radical (unpaired) electrons. The van der Waals surface area contributed by atoms with Gasteiger partial charge in [-0.2, -0.15) is 4.31 Å². The Balaban J connectivity index is 1.70. The van der Waals surface area contributed by atoms with Crippen molar-refractivity contribution in [3.05, 3.63) is 29.8 Å². The first kappa shape index (κ1) is 16.5. The number of hydrogen-bond donors (Lipinski definition) is 1. The monoisotopic (exact) mass is 365 g/mol. The molecule has 9 heteroatoms. The van der Waals surface area contributed by atoms with Gasteiger partial charge in [0.1, 0.15) is 0 Å². The predicted molar refractivity (Wildman–Crippen MR) is 87.1 cm³/mol. The minimum absolute atomic E-state index is 0.0505. The van der Waals surface area contributed by atoms with E-state index in [2.05, 4.69) is 5.32 Å². The molecule has 3 heterocycles. The van der Waals surface area contributed by atoms with E-state index >= 15 is 0 Å². The van der Waals surface area contributed by atoms with E-state index in [0.717, 1.165) is 0 Å². The number of benzene rings is 1. The molecule has 0 aromatic heterocycles. The molecule has 25 heavy (non-hydrogen) atoms. The summed E-state index contributed by atoms with van der Waals surface area (Å²) >= 11 is 0. The minimum Gasteiger partial charge on any atom is -0.355 e. The summed E-state index contributed by atoms with van der Waals surface area (Å²) in [5.41, 5.74) is -0.540. The van der Waals surface area contributed by atoms with Gasteiger partial charge in [0.25, 0.3) is 5.91 Å². The van der Waals surface area contributed by atoms with Crippen molar-refractivity contribution < 1.29 is 22.7 Å². The van der Waals surface area contributed by atoms with Crippen LogP contribution in [0.25, 0.3) is 0 Å². The Bertz CT molecular complexity index is 855. The van der Waals surface area contributed by atoms with Gasteiger partial charge in [0.15, 0.2) is 5.72 Å². The Labute approximate surface area is 145 Å². The van der Waals surface area contributed by atoms with Gasteiger partial charge in [0, 0.05) is 38.5 Å². The molecule has 2 atom stereocenters. The average Bonchev–Trinajstić information content (AvgIpc) is 3.25. The standard InChI is InChI=1S/C16H19N3O5S/c1-17-15(21)11-3-2-4-12(9-11)25(22,23)19-6-5-16-13(19)10-14(20)18(16)7-8-24-16/h2-4,9,13H,5-8,10H2,1H3,(H,17,21)/t13-,16+/m1/s1. The lowest BCUT2D eigenvalue weighted by Gasteiger charge is -2.31. The highest BCUT2D eigenvalue weighted by atomic mass is 32.2. The Morgan fingerprint density at radius 2 is 2.16 bits per heavy atom. The third kappa shape index (κ3) is 2.22. The van der Waals surface area contributed by atoms with Gasteiger partial charge in [0.2, 0.25) is 15.9 Å². The van der Waals surface area contributed by atoms with Crippen molar-refractivity contribution >= 4 is 21.8 Å². The number of carbonyl (C=O) groups excluding carboxylic acids is 2. The second-order valence-corrected chi connectivity index (χ2v) is 8.32. The molecule has 1 aromatic carbocycles. The molecule has 1 spiro atoms. The molecule has 134 valence electrons. The first-order valence-electron chi connectivity index (χ1n) is 8.18. The molecular weight excluding hydrogens is 346 g/mol. The largest absolute Gasteiger partial charge is 0.355 e. The average molecular weight is 365 g/mol. The van der Waals surface area contributed by atoms with Crippen LogP contribution in [0.3, 0.4) is 0 Å². The molecule has 4 rings (SSSR count). The van der Waals surface area contributed by atoms with Crippen LogP contribution < -0.4 is 5.32 Å². The summed E-state index contributed by atoms with van der Waals surface area (Å²) < 4.78 is 33.5. The molecule has 8 nitrogen and oxygen atoms in total. The highest BCUT2D eigenvalue weighted by Crippen LogP contribution is 2.47. The van der Waals surface area contributed by atoms with Crippen molar-refractivity contribution in [3.8, 4) is 0 Å². The second-order valence-electron chi connectivity index (χ2n) is 6.43. The van der Waals surface area contributed by atoms with E-state index in [-0.39, 0.29) is 28.7 Å². The Kier molecular flexibility index (Phi) is 3.64. The van der Waals surface area contributed by atoms with E-state index in [9.17, 15) is 18.0 Å². The zero-order valence-electron chi connectivity index (χ0n) is 13.8. The van der Waals surface area contributed by atoms with Crippen molar-refractivity contribution in [1.29, 1.82) is 0 Å². The lowest BCUT2D eigenvalue weighted by atomic mass is 10.1. The number of nitrogens with zero attached hydrogens (tertiary/aromatic N) is 2. The third-order valence-electron chi connectivity index (χ3n) is 5.28. The summed E-state index contributed by atoms with van der Waals surface area (Å²) in [6.45, 7) is 1.23. The Hall–Kier alpha value is -1.97. The molecular formula is C16H19N3O5S. The predicted octanol–water partition coefficient (Wildman–Crippen LogP) is -0.232. The number of nitrogens with one attached hydrogen (secondary N) is 1. The van der Waals surface area contributed by atoms with Crippen molar-refractivity contribution in [2.75, 3.05) is 26.7 Å². The topological polar surface area (TPSA) is 96.0 Å². The number of sulfonamides is 1. The first-order chi connectivity index (χ1) is 11.9. The van der Waals surface area contributed by atoms with Gasteiger partial charge in [-0.1, -0.05) is 6.07 Å². The second kappa shape index (κ2) is 5.52. The van der Waals surface area contributed by atoms with Crippen LogP contribution >= 0.6 is 0 Å². The summed E-state index contributed by atoms with van der Waals surface area (Å²) in [4.78, 5) is 25.7. The van der Waals surface area contributed by atoms with Crippen molar-refractivity contribution in [3.63, 3.8) is 0 Å². The van der Waals surface area contributed by atoms with Crippen LogP contribution in [-0.2, 0) is 19.6 Å². The highest BCUT2D eigenvalue weighted by Gasteiger charge is 2.64. The number of ether oxygens (including phenoxy) is 1. The SMILES string of the molecule is CNC(=O)c1cccc(S(=O)(=O)N2CC[C@@]34OCCN3C(=O)C[C@@H]24)c1. The fourth-order valence-electron chi connectivity index (χ4n) is 4.12. The van der Waals surface area contributed by atoms with Crippen molar-refractivity contribution in [1.82, 2.24) is 14.5 Å². The molecule has 3 saturated heterocycles. The number of amides is 2. The van der Waals surface area contributed by atoms with Crippen LogP contribution in [0, 0.1) is 0 Å². The van der Waals surface area contributed by atoms with Gasteiger partial charge < -0.3 is 15.0 Å². The maximum atomic E-state index is 13.1. The van der Waals surface area contributed by atoms with Gasteiger partial charge in [0.05, 0.1) is 17.5 Å². The Morgan fingerprint density at radius 3 is 2.92 bits per heavy atom. The molecule has 2 amide bonds. The molecule has 0 saturated carbocycles.